The molecule has 1 aliphatic rings. The number of benzene rings is 2. The molecule has 1 N–H and O–H groups in total. The first-order valence-electron chi connectivity index (χ1n) is 7.77. The van der Waals surface area contributed by atoms with Crippen molar-refractivity contribution >= 4 is 16.8 Å². The van der Waals surface area contributed by atoms with Gasteiger partial charge in [-0.05, 0) is 29.8 Å². The molecule has 7 nitrogen and oxygen atoms in total. The number of aromatic nitrogens is 2. The third-order valence-corrected chi connectivity index (χ3v) is 3.77. The summed E-state index contributed by atoms with van der Waals surface area (Å²) < 4.78 is 16.1. The fourth-order valence-corrected chi connectivity index (χ4v) is 2.53. The smallest absolute Gasteiger partial charge is 0.258 e. The van der Waals surface area contributed by atoms with E-state index in [1.54, 1.807) is 0 Å². The van der Waals surface area contributed by atoms with Gasteiger partial charge in [0, 0.05) is 6.54 Å². The molecule has 1 aliphatic heterocycles. The summed E-state index contributed by atoms with van der Waals surface area (Å²) in [5.74, 6) is 1.56. The summed E-state index contributed by atoms with van der Waals surface area (Å²) in [7, 11) is 0. The third kappa shape index (κ3) is 3.30. The largest absolute Gasteiger partial charge is 0.467 e. The van der Waals surface area contributed by atoms with E-state index >= 15 is 0 Å². The van der Waals surface area contributed by atoms with E-state index < -0.39 is 0 Å². The van der Waals surface area contributed by atoms with Crippen molar-refractivity contribution in [2.24, 2.45) is 0 Å². The fraction of sp³-hybridized carbons (Fsp3) is 0.167. The lowest BCUT2D eigenvalue weighted by Gasteiger charge is -2.09. The molecule has 2 aromatic carbocycles. The van der Waals surface area contributed by atoms with Gasteiger partial charge in [-0.15, -0.1) is 0 Å². The van der Waals surface area contributed by atoms with Crippen LogP contribution >= 0.6 is 0 Å². The Hall–Kier alpha value is -3.35. The van der Waals surface area contributed by atoms with Crippen molar-refractivity contribution in [3.63, 3.8) is 0 Å². The van der Waals surface area contributed by atoms with Gasteiger partial charge in [0.1, 0.15) is 6.33 Å². The van der Waals surface area contributed by atoms with Crippen molar-refractivity contribution in [3.8, 4) is 17.4 Å². The molecular formula is C18H15N3O4. The molecule has 0 saturated heterocycles. The number of ether oxygens (including phenoxy) is 3. The molecule has 2 heterocycles. The van der Waals surface area contributed by atoms with Crippen molar-refractivity contribution in [2.45, 2.75) is 6.54 Å². The van der Waals surface area contributed by atoms with Crippen LogP contribution in [0.5, 0.6) is 17.4 Å². The highest BCUT2D eigenvalue weighted by Gasteiger charge is 2.13. The fourth-order valence-electron chi connectivity index (χ4n) is 2.53. The molecule has 0 fully saturated rings. The highest BCUT2D eigenvalue weighted by Crippen LogP contribution is 2.32. The molecule has 0 unspecified atom stereocenters. The Morgan fingerprint density at radius 2 is 2.00 bits per heavy atom. The lowest BCUT2D eigenvalue weighted by Crippen LogP contribution is -2.28. The average molecular weight is 337 g/mol. The normalized spacial score (nSPS) is 12.2. The second kappa shape index (κ2) is 6.64. The van der Waals surface area contributed by atoms with E-state index in [9.17, 15) is 4.79 Å². The van der Waals surface area contributed by atoms with Gasteiger partial charge in [0.25, 0.3) is 5.91 Å². The van der Waals surface area contributed by atoms with Gasteiger partial charge in [-0.1, -0.05) is 18.2 Å². The number of nitrogens with zero attached hydrogens (tertiary/aromatic N) is 2. The molecule has 7 heteroatoms. The molecule has 0 saturated carbocycles. The highest BCUT2D eigenvalue weighted by molar-refractivity contribution is 5.84. The average Bonchev–Trinajstić information content (AvgIpc) is 3.12. The molecule has 25 heavy (non-hydrogen) atoms. The SMILES string of the molecule is O=C(COc1ncnc2ccccc12)NCc1ccc2c(c1)OCO2. The maximum absolute atomic E-state index is 12.0. The van der Waals surface area contributed by atoms with E-state index in [0.717, 1.165) is 16.5 Å². The van der Waals surface area contributed by atoms with Crippen LogP contribution in [0, 0.1) is 0 Å². The Bertz CT molecular complexity index is 924. The van der Waals surface area contributed by atoms with E-state index in [1.165, 1.54) is 6.33 Å². The molecule has 0 atom stereocenters. The van der Waals surface area contributed by atoms with Gasteiger partial charge in [0.05, 0.1) is 10.9 Å². The zero-order chi connectivity index (χ0) is 17.1. The van der Waals surface area contributed by atoms with Gasteiger partial charge in [0.2, 0.25) is 12.7 Å². The second-order valence-corrected chi connectivity index (χ2v) is 5.45. The van der Waals surface area contributed by atoms with Gasteiger partial charge in [0.15, 0.2) is 18.1 Å². The van der Waals surface area contributed by atoms with Gasteiger partial charge in [-0.3, -0.25) is 4.79 Å². The Balaban J connectivity index is 1.35. The number of rotatable bonds is 5. The molecule has 0 aliphatic carbocycles. The van der Waals surface area contributed by atoms with E-state index in [0.29, 0.717) is 23.9 Å². The Kier molecular flexibility index (Phi) is 4.04. The van der Waals surface area contributed by atoms with E-state index in [1.807, 2.05) is 42.5 Å². The summed E-state index contributed by atoms with van der Waals surface area (Å²) in [5.41, 5.74) is 1.69. The van der Waals surface area contributed by atoms with Crippen molar-refractivity contribution < 1.29 is 19.0 Å². The monoisotopic (exact) mass is 337 g/mol. The quantitative estimate of drug-likeness (QED) is 0.767. The number of para-hydroxylation sites is 1. The first kappa shape index (κ1) is 15.2. The maximum atomic E-state index is 12.0. The van der Waals surface area contributed by atoms with Gasteiger partial charge < -0.3 is 19.5 Å². The topological polar surface area (TPSA) is 82.6 Å². The molecule has 1 aromatic heterocycles. The van der Waals surface area contributed by atoms with E-state index in [-0.39, 0.29) is 19.3 Å². The summed E-state index contributed by atoms with van der Waals surface area (Å²) in [6, 6.07) is 13.0. The van der Waals surface area contributed by atoms with Crippen LogP contribution in [0.15, 0.2) is 48.8 Å². The number of carbonyl (C=O) groups excluding carboxylic acids is 1. The zero-order valence-electron chi connectivity index (χ0n) is 13.3. The number of hydrogen-bond acceptors (Lipinski definition) is 6. The minimum absolute atomic E-state index is 0.119. The summed E-state index contributed by atoms with van der Waals surface area (Å²) in [5, 5.41) is 3.58. The highest BCUT2D eigenvalue weighted by atomic mass is 16.7. The van der Waals surface area contributed by atoms with Crippen LogP contribution in [0.4, 0.5) is 0 Å². The molecule has 4 rings (SSSR count). The maximum Gasteiger partial charge on any atom is 0.258 e. The van der Waals surface area contributed by atoms with Crippen LogP contribution in [0.1, 0.15) is 5.56 Å². The Morgan fingerprint density at radius 1 is 1.12 bits per heavy atom. The van der Waals surface area contributed by atoms with E-state index in [2.05, 4.69) is 15.3 Å². The van der Waals surface area contributed by atoms with E-state index in [4.69, 9.17) is 14.2 Å². The van der Waals surface area contributed by atoms with Crippen molar-refractivity contribution in [2.75, 3.05) is 13.4 Å². The third-order valence-electron chi connectivity index (χ3n) is 3.77. The number of amides is 1. The number of fused-ring (bicyclic) bond motifs is 2. The number of nitrogens with one attached hydrogen (secondary N) is 1. The van der Waals surface area contributed by atoms with Gasteiger partial charge >= 0.3 is 0 Å². The molecule has 1 amide bonds. The van der Waals surface area contributed by atoms with Gasteiger partial charge in [-0.2, -0.15) is 0 Å². The molecular weight excluding hydrogens is 322 g/mol. The predicted molar refractivity (Wildman–Crippen MR) is 89.4 cm³/mol. The van der Waals surface area contributed by atoms with Crippen LogP contribution < -0.4 is 19.5 Å². The summed E-state index contributed by atoms with van der Waals surface area (Å²) >= 11 is 0. The van der Waals surface area contributed by atoms with Crippen molar-refractivity contribution in [1.29, 1.82) is 0 Å². The van der Waals surface area contributed by atoms with Crippen LogP contribution in [0.2, 0.25) is 0 Å². The molecule has 0 radical (unpaired) electrons. The first-order valence-corrected chi connectivity index (χ1v) is 7.77. The van der Waals surface area contributed by atoms with Crippen LogP contribution in [-0.2, 0) is 11.3 Å². The number of carbonyl (C=O) groups is 1. The van der Waals surface area contributed by atoms with Crippen LogP contribution in [-0.4, -0.2) is 29.3 Å². The Morgan fingerprint density at radius 3 is 2.96 bits per heavy atom. The minimum atomic E-state index is -0.236. The standard InChI is InChI=1S/C18H15N3O4/c22-17(19-8-12-5-6-15-16(7-12)25-11-24-15)9-23-18-13-3-1-2-4-14(13)20-10-21-18/h1-7,10H,8-9,11H2,(H,19,22). The second-order valence-electron chi connectivity index (χ2n) is 5.45. The number of hydrogen-bond donors (Lipinski definition) is 1. The summed E-state index contributed by atoms with van der Waals surface area (Å²) in [6.07, 6.45) is 1.42. The van der Waals surface area contributed by atoms with Crippen molar-refractivity contribution in [1.82, 2.24) is 15.3 Å². The summed E-state index contributed by atoms with van der Waals surface area (Å²) in [4.78, 5) is 20.3. The molecule has 126 valence electrons. The predicted octanol–water partition coefficient (Wildman–Crippen LogP) is 2.05. The van der Waals surface area contributed by atoms with Crippen LogP contribution in [0.3, 0.4) is 0 Å². The lowest BCUT2D eigenvalue weighted by molar-refractivity contribution is -0.123. The molecule has 0 spiro atoms. The minimum Gasteiger partial charge on any atom is -0.467 e. The van der Waals surface area contributed by atoms with Crippen LogP contribution in [0.25, 0.3) is 10.9 Å². The molecule has 3 aromatic rings. The van der Waals surface area contributed by atoms with Crippen molar-refractivity contribution in [3.05, 3.63) is 54.4 Å². The molecule has 0 bridgehead atoms. The zero-order valence-corrected chi connectivity index (χ0v) is 13.3. The first-order chi connectivity index (χ1) is 12.3. The summed E-state index contributed by atoms with van der Waals surface area (Å²) in [6.45, 7) is 0.487. The Labute approximate surface area is 143 Å². The lowest BCUT2D eigenvalue weighted by atomic mass is 10.2. The van der Waals surface area contributed by atoms with Gasteiger partial charge in [-0.25, -0.2) is 9.97 Å².